The van der Waals surface area contributed by atoms with Gasteiger partial charge < -0.3 is 25.4 Å². The zero-order valence-corrected chi connectivity index (χ0v) is 18.1. The molecule has 0 spiro atoms. The van der Waals surface area contributed by atoms with Crippen LogP contribution in [0, 0.1) is 5.92 Å². The molecule has 1 aliphatic rings. The molecule has 1 aliphatic carbocycles. The summed E-state index contributed by atoms with van der Waals surface area (Å²) in [6.45, 7) is 1.98. The Kier molecular flexibility index (Phi) is 10.2. The Morgan fingerprint density at radius 3 is 2.38 bits per heavy atom. The smallest absolute Gasteiger partial charge is 0.220 e. The van der Waals surface area contributed by atoms with Crippen molar-refractivity contribution in [1.29, 1.82) is 0 Å². The molecule has 3 N–H and O–H groups in total. The SMILES string of the molecule is CN=C(NCCNC(=O)CC1CCCCC1)NCCc1ccc(OC)c(OC)c1. The molecule has 1 aromatic rings. The highest BCUT2D eigenvalue weighted by Gasteiger charge is 2.16. The lowest BCUT2D eigenvalue weighted by Gasteiger charge is -2.20. The molecule has 7 heteroatoms. The summed E-state index contributed by atoms with van der Waals surface area (Å²) in [7, 11) is 5.01. The molecule has 29 heavy (non-hydrogen) atoms. The van der Waals surface area contributed by atoms with E-state index in [0.29, 0.717) is 25.4 Å². The summed E-state index contributed by atoms with van der Waals surface area (Å²) in [6.07, 6.45) is 7.75. The van der Waals surface area contributed by atoms with E-state index in [4.69, 9.17) is 9.47 Å². The van der Waals surface area contributed by atoms with Gasteiger partial charge in [0.1, 0.15) is 0 Å². The molecule has 1 saturated carbocycles. The summed E-state index contributed by atoms with van der Waals surface area (Å²) in [6, 6.07) is 5.93. The fourth-order valence-electron chi connectivity index (χ4n) is 3.69. The van der Waals surface area contributed by atoms with Gasteiger partial charge in [-0.15, -0.1) is 0 Å². The van der Waals surface area contributed by atoms with Gasteiger partial charge in [0.2, 0.25) is 5.91 Å². The van der Waals surface area contributed by atoms with Crippen molar-refractivity contribution >= 4 is 11.9 Å². The first-order valence-corrected chi connectivity index (χ1v) is 10.6. The predicted octanol–water partition coefficient (Wildman–Crippen LogP) is 2.50. The fraction of sp³-hybridized carbons (Fsp3) is 0.636. The van der Waals surface area contributed by atoms with Crippen LogP contribution >= 0.6 is 0 Å². The number of rotatable bonds is 10. The van der Waals surface area contributed by atoms with Crippen molar-refractivity contribution in [3.8, 4) is 11.5 Å². The fourth-order valence-corrected chi connectivity index (χ4v) is 3.69. The van der Waals surface area contributed by atoms with Crippen molar-refractivity contribution in [2.75, 3.05) is 40.9 Å². The molecule has 0 aromatic heterocycles. The summed E-state index contributed by atoms with van der Waals surface area (Å²) < 4.78 is 10.6. The van der Waals surface area contributed by atoms with Crippen LogP contribution in [0.1, 0.15) is 44.1 Å². The predicted molar refractivity (Wildman–Crippen MR) is 117 cm³/mol. The molecule has 0 bridgehead atoms. The highest BCUT2D eigenvalue weighted by molar-refractivity contribution is 5.80. The maximum absolute atomic E-state index is 12.0. The van der Waals surface area contributed by atoms with Gasteiger partial charge in [0.15, 0.2) is 17.5 Å². The first kappa shape index (κ1) is 22.8. The van der Waals surface area contributed by atoms with E-state index in [-0.39, 0.29) is 5.91 Å². The Labute approximate surface area is 174 Å². The Balaban J connectivity index is 1.62. The number of nitrogens with one attached hydrogen (secondary N) is 3. The van der Waals surface area contributed by atoms with Crippen LogP contribution in [0.5, 0.6) is 11.5 Å². The maximum atomic E-state index is 12.0. The van der Waals surface area contributed by atoms with E-state index < -0.39 is 0 Å². The van der Waals surface area contributed by atoms with Gasteiger partial charge in [-0.05, 0) is 42.9 Å². The lowest BCUT2D eigenvalue weighted by Crippen LogP contribution is -2.42. The number of aliphatic imine (C=N–C) groups is 1. The first-order valence-electron chi connectivity index (χ1n) is 10.6. The Morgan fingerprint density at radius 2 is 1.69 bits per heavy atom. The van der Waals surface area contributed by atoms with Gasteiger partial charge in [0.25, 0.3) is 0 Å². The monoisotopic (exact) mass is 404 g/mol. The van der Waals surface area contributed by atoms with Crippen molar-refractivity contribution in [2.24, 2.45) is 10.9 Å². The van der Waals surface area contributed by atoms with Crippen molar-refractivity contribution < 1.29 is 14.3 Å². The number of methoxy groups -OCH3 is 2. The quantitative estimate of drug-likeness (QED) is 0.317. The maximum Gasteiger partial charge on any atom is 0.220 e. The molecule has 0 atom stereocenters. The number of hydrogen-bond donors (Lipinski definition) is 3. The second-order valence-electron chi connectivity index (χ2n) is 7.42. The third-order valence-corrected chi connectivity index (χ3v) is 5.32. The molecule has 2 rings (SSSR count). The van der Waals surface area contributed by atoms with Gasteiger partial charge in [-0.2, -0.15) is 0 Å². The highest BCUT2D eigenvalue weighted by Crippen LogP contribution is 2.27. The number of guanidine groups is 1. The van der Waals surface area contributed by atoms with E-state index in [1.807, 2.05) is 18.2 Å². The average Bonchev–Trinajstić information content (AvgIpc) is 2.75. The third kappa shape index (κ3) is 8.21. The van der Waals surface area contributed by atoms with E-state index in [1.165, 1.54) is 32.1 Å². The number of nitrogens with zero attached hydrogens (tertiary/aromatic N) is 1. The number of benzene rings is 1. The summed E-state index contributed by atoms with van der Waals surface area (Å²) in [5.74, 6) is 2.92. The van der Waals surface area contributed by atoms with Crippen LogP contribution in [0.3, 0.4) is 0 Å². The Bertz CT molecular complexity index is 657. The summed E-state index contributed by atoms with van der Waals surface area (Å²) in [5, 5.41) is 9.53. The molecule has 7 nitrogen and oxygen atoms in total. The Morgan fingerprint density at radius 1 is 1.00 bits per heavy atom. The van der Waals surface area contributed by atoms with E-state index >= 15 is 0 Å². The molecular weight excluding hydrogens is 368 g/mol. The molecule has 0 heterocycles. The zero-order valence-electron chi connectivity index (χ0n) is 18.1. The normalized spacial score (nSPS) is 14.9. The molecule has 1 fully saturated rings. The minimum absolute atomic E-state index is 0.162. The molecule has 162 valence electrons. The number of ether oxygens (including phenoxy) is 2. The number of hydrogen-bond acceptors (Lipinski definition) is 4. The van der Waals surface area contributed by atoms with Crippen LogP contribution in [0.25, 0.3) is 0 Å². The van der Waals surface area contributed by atoms with E-state index in [2.05, 4.69) is 20.9 Å². The van der Waals surface area contributed by atoms with Crippen LogP contribution in [-0.2, 0) is 11.2 Å². The first-order chi connectivity index (χ1) is 14.2. The van der Waals surface area contributed by atoms with Crippen LogP contribution in [0.2, 0.25) is 0 Å². The van der Waals surface area contributed by atoms with Gasteiger partial charge in [-0.3, -0.25) is 9.79 Å². The third-order valence-electron chi connectivity index (χ3n) is 5.32. The lowest BCUT2D eigenvalue weighted by molar-refractivity contribution is -0.122. The largest absolute Gasteiger partial charge is 0.493 e. The Hall–Kier alpha value is -2.44. The summed E-state index contributed by atoms with van der Waals surface area (Å²) in [5.41, 5.74) is 1.15. The molecule has 0 unspecified atom stereocenters. The zero-order chi connectivity index (χ0) is 20.9. The second-order valence-corrected chi connectivity index (χ2v) is 7.42. The summed E-state index contributed by atoms with van der Waals surface area (Å²) >= 11 is 0. The van der Waals surface area contributed by atoms with Crippen LogP contribution in [0.4, 0.5) is 0 Å². The average molecular weight is 405 g/mol. The standard InChI is InChI=1S/C22H36N4O3/c1-23-22(25-12-11-18-9-10-19(28-2)20(15-18)29-3)26-14-13-24-21(27)16-17-7-5-4-6-8-17/h9-10,15,17H,4-8,11-14,16H2,1-3H3,(H,24,27)(H2,23,25,26). The molecule has 0 radical (unpaired) electrons. The van der Waals surface area contributed by atoms with Gasteiger partial charge in [0.05, 0.1) is 14.2 Å². The number of amides is 1. The van der Waals surface area contributed by atoms with Crippen molar-refractivity contribution in [2.45, 2.75) is 44.9 Å². The van der Waals surface area contributed by atoms with E-state index in [0.717, 1.165) is 36.0 Å². The molecular formula is C22H36N4O3. The van der Waals surface area contributed by atoms with Crippen LogP contribution in [0.15, 0.2) is 23.2 Å². The molecule has 0 aliphatic heterocycles. The molecule has 0 saturated heterocycles. The topological polar surface area (TPSA) is 84.0 Å². The second kappa shape index (κ2) is 12.9. The van der Waals surface area contributed by atoms with Gasteiger partial charge >= 0.3 is 0 Å². The van der Waals surface area contributed by atoms with Gasteiger partial charge in [-0.1, -0.05) is 25.3 Å². The van der Waals surface area contributed by atoms with E-state index in [1.54, 1.807) is 21.3 Å². The molecule has 1 aromatic carbocycles. The highest BCUT2D eigenvalue weighted by atomic mass is 16.5. The van der Waals surface area contributed by atoms with E-state index in [9.17, 15) is 4.79 Å². The molecule has 1 amide bonds. The van der Waals surface area contributed by atoms with Crippen molar-refractivity contribution in [3.05, 3.63) is 23.8 Å². The van der Waals surface area contributed by atoms with Gasteiger partial charge in [-0.25, -0.2) is 0 Å². The minimum atomic E-state index is 0.162. The number of carbonyl (C=O) groups is 1. The summed E-state index contributed by atoms with van der Waals surface area (Å²) in [4.78, 5) is 16.3. The van der Waals surface area contributed by atoms with Crippen molar-refractivity contribution in [3.63, 3.8) is 0 Å². The number of carbonyl (C=O) groups excluding carboxylic acids is 1. The van der Waals surface area contributed by atoms with Crippen LogP contribution < -0.4 is 25.4 Å². The van der Waals surface area contributed by atoms with Crippen molar-refractivity contribution in [1.82, 2.24) is 16.0 Å². The van der Waals surface area contributed by atoms with Crippen LogP contribution in [-0.4, -0.2) is 52.8 Å². The lowest BCUT2D eigenvalue weighted by atomic mass is 9.87. The van der Waals surface area contributed by atoms with Gasteiger partial charge in [0, 0.05) is 33.1 Å². The minimum Gasteiger partial charge on any atom is -0.493 e.